The van der Waals surface area contributed by atoms with E-state index in [1.54, 1.807) is 11.3 Å². The molecule has 0 bridgehead atoms. The first-order valence-electron chi connectivity index (χ1n) is 6.74. The van der Waals surface area contributed by atoms with Gasteiger partial charge in [0.15, 0.2) is 0 Å². The van der Waals surface area contributed by atoms with Gasteiger partial charge in [-0.05, 0) is 36.6 Å². The molecule has 100 valence electrons. The van der Waals surface area contributed by atoms with E-state index >= 15 is 0 Å². The van der Waals surface area contributed by atoms with E-state index in [1.165, 1.54) is 21.6 Å². The number of aryl methyl sites for hydroxylation is 1. The van der Waals surface area contributed by atoms with Crippen molar-refractivity contribution in [3.05, 3.63) is 51.0 Å². The lowest BCUT2D eigenvalue weighted by Crippen LogP contribution is -2.25. The maximum Gasteiger partial charge on any atom is 0.0798 e. The van der Waals surface area contributed by atoms with E-state index in [0.717, 1.165) is 38.3 Å². The van der Waals surface area contributed by atoms with Gasteiger partial charge >= 0.3 is 0 Å². The fraction of sp³-hybridized carbons (Fsp3) is 0.400. The van der Waals surface area contributed by atoms with Crippen LogP contribution in [-0.4, -0.2) is 11.5 Å². The zero-order chi connectivity index (χ0) is 13.1. The van der Waals surface area contributed by atoms with Crippen molar-refractivity contribution in [3.63, 3.8) is 0 Å². The van der Waals surface area contributed by atoms with Gasteiger partial charge in [0, 0.05) is 24.5 Å². The number of fused-ring (bicyclic) bond motifs is 1. The largest absolute Gasteiger partial charge is 0.312 e. The fourth-order valence-corrected chi connectivity index (χ4v) is 3.33. The molecule has 0 fully saturated rings. The molecule has 2 heterocycles. The smallest absolute Gasteiger partial charge is 0.0798 e. The summed E-state index contributed by atoms with van der Waals surface area (Å²) in [6, 6.07) is 6.65. The van der Waals surface area contributed by atoms with Crippen molar-refractivity contribution < 1.29 is 0 Å². The molecule has 19 heavy (non-hydrogen) atoms. The molecule has 0 atom stereocenters. The number of aromatic nitrogens is 1. The second-order valence-corrected chi connectivity index (χ2v) is 5.89. The van der Waals surface area contributed by atoms with Gasteiger partial charge in [-0.25, -0.2) is 4.98 Å². The highest BCUT2D eigenvalue weighted by Crippen LogP contribution is 2.19. The average molecular weight is 273 g/mol. The van der Waals surface area contributed by atoms with E-state index < -0.39 is 0 Å². The summed E-state index contributed by atoms with van der Waals surface area (Å²) in [6.45, 7) is 6.04. The van der Waals surface area contributed by atoms with Crippen LogP contribution >= 0.6 is 11.3 Å². The number of benzene rings is 1. The SMILES string of the molecule is Cc1ncsc1CNCc1cccc2c1CCNC2. The molecule has 0 amide bonds. The molecule has 0 radical (unpaired) electrons. The van der Waals surface area contributed by atoms with Crippen LogP contribution in [0.5, 0.6) is 0 Å². The Hall–Kier alpha value is -1.23. The van der Waals surface area contributed by atoms with E-state index in [1.807, 2.05) is 5.51 Å². The van der Waals surface area contributed by atoms with Gasteiger partial charge in [0.25, 0.3) is 0 Å². The van der Waals surface area contributed by atoms with Crippen LogP contribution in [-0.2, 0) is 26.1 Å². The van der Waals surface area contributed by atoms with Crippen molar-refractivity contribution >= 4 is 11.3 Å². The van der Waals surface area contributed by atoms with Crippen LogP contribution in [0.25, 0.3) is 0 Å². The molecule has 0 aliphatic carbocycles. The van der Waals surface area contributed by atoms with Gasteiger partial charge in [-0.2, -0.15) is 0 Å². The lowest BCUT2D eigenvalue weighted by molar-refractivity contribution is 0.627. The number of nitrogens with one attached hydrogen (secondary N) is 2. The van der Waals surface area contributed by atoms with E-state index in [-0.39, 0.29) is 0 Å². The van der Waals surface area contributed by atoms with Crippen molar-refractivity contribution in [1.29, 1.82) is 0 Å². The Morgan fingerprint density at radius 1 is 1.37 bits per heavy atom. The minimum Gasteiger partial charge on any atom is -0.312 e. The van der Waals surface area contributed by atoms with Gasteiger partial charge in [0.2, 0.25) is 0 Å². The number of hydrogen-bond donors (Lipinski definition) is 2. The molecule has 0 spiro atoms. The summed E-state index contributed by atoms with van der Waals surface area (Å²) < 4.78 is 0. The predicted molar refractivity (Wildman–Crippen MR) is 79.2 cm³/mol. The Balaban J connectivity index is 1.66. The number of thiazole rings is 1. The monoisotopic (exact) mass is 273 g/mol. The lowest BCUT2D eigenvalue weighted by Gasteiger charge is -2.20. The summed E-state index contributed by atoms with van der Waals surface area (Å²) in [5.74, 6) is 0. The Kier molecular flexibility index (Phi) is 3.92. The van der Waals surface area contributed by atoms with Crippen LogP contribution in [0.2, 0.25) is 0 Å². The van der Waals surface area contributed by atoms with E-state index in [4.69, 9.17) is 0 Å². The maximum atomic E-state index is 4.28. The van der Waals surface area contributed by atoms with Crippen molar-refractivity contribution in [2.45, 2.75) is 33.0 Å². The van der Waals surface area contributed by atoms with Crippen molar-refractivity contribution in [2.75, 3.05) is 6.54 Å². The third-order valence-corrected chi connectivity index (χ3v) is 4.62. The summed E-state index contributed by atoms with van der Waals surface area (Å²) in [6.07, 6.45) is 1.15. The Morgan fingerprint density at radius 2 is 2.32 bits per heavy atom. The molecule has 0 saturated carbocycles. The molecule has 1 aliphatic rings. The molecule has 3 rings (SSSR count). The lowest BCUT2D eigenvalue weighted by atomic mass is 9.95. The molecule has 1 aromatic heterocycles. The normalized spacial score (nSPS) is 14.4. The summed E-state index contributed by atoms with van der Waals surface area (Å²) in [5.41, 5.74) is 7.51. The standard InChI is InChI=1S/C15H19N3S/c1-11-15(19-10-18-11)9-17-8-13-4-2-3-12-7-16-6-5-14(12)13/h2-4,10,16-17H,5-9H2,1H3. The minimum absolute atomic E-state index is 0.915. The summed E-state index contributed by atoms with van der Waals surface area (Å²) in [5, 5.41) is 6.97. The number of nitrogens with zero attached hydrogens (tertiary/aromatic N) is 1. The zero-order valence-electron chi connectivity index (χ0n) is 11.2. The number of rotatable bonds is 4. The van der Waals surface area contributed by atoms with Gasteiger partial charge < -0.3 is 10.6 Å². The predicted octanol–water partition coefficient (Wildman–Crippen LogP) is 2.39. The summed E-state index contributed by atoms with van der Waals surface area (Å²) >= 11 is 1.73. The maximum absolute atomic E-state index is 4.28. The third-order valence-electron chi connectivity index (χ3n) is 3.68. The fourth-order valence-electron chi connectivity index (χ4n) is 2.58. The van der Waals surface area contributed by atoms with Crippen LogP contribution in [0.1, 0.15) is 27.3 Å². The quantitative estimate of drug-likeness (QED) is 0.898. The average Bonchev–Trinajstić information content (AvgIpc) is 2.85. The van der Waals surface area contributed by atoms with E-state index in [2.05, 4.69) is 40.7 Å². The van der Waals surface area contributed by atoms with Crippen LogP contribution in [0.15, 0.2) is 23.7 Å². The van der Waals surface area contributed by atoms with Crippen molar-refractivity contribution in [3.8, 4) is 0 Å². The van der Waals surface area contributed by atoms with Crippen LogP contribution in [0, 0.1) is 6.92 Å². The Labute approximate surface area is 118 Å². The second-order valence-electron chi connectivity index (χ2n) is 4.95. The van der Waals surface area contributed by atoms with Gasteiger partial charge in [-0.15, -0.1) is 11.3 Å². The number of hydrogen-bond acceptors (Lipinski definition) is 4. The van der Waals surface area contributed by atoms with Gasteiger partial charge in [0.1, 0.15) is 0 Å². The molecular formula is C15H19N3S. The molecule has 0 saturated heterocycles. The zero-order valence-corrected chi connectivity index (χ0v) is 12.0. The first kappa shape index (κ1) is 12.8. The van der Waals surface area contributed by atoms with Gasteiger partial charge in [-0.3, -0.25) is 0 Å². The van der Waals surface area contributed by atoms with E-state index in [9.17, 15) is 0 Å². The van der Waals surface area contributed by atoms with E-state index in [0.29, 0.717) is 0 Å². The first-order chi connectivity index (χ1) is 9.34. The van der Waals surface area contributed by atoms with Crippen LogP contribution < -0.4 is 10.6 Å². The van der Waals surface area contributed by atoms with Gasteiger partial charge in [0.05, 0.1) is 11.2 Å². The highest BCUT2D eigenvalue weighted by Gasteiger charge is 2.12. The third kappa shape index (κ3) is 2.86. The summed E-state index contributed by atoms with van der Waals surface area (Å²) in [4.78, 5) is 5.62. The van der Waals surface area contributed by atoms with Crippen molar-refractivity contribution in [2.24, 2.45) is 0 Å². The van der Waals surface area contributed by atoms with Crippen molar-refractivity contribution in [1.82, 2.24) is 15.6 Å². The highest BCUT2D eigenvalue weighted by molar-refractivity contribution is 7.09. The van der Waals surface area contributed by atoms with Crippen LogP contribution in [0.4, 0.5) is 0 Å². The van der Waals surface area contributed by atoms with Crippen LogP contribution in [0.3, 0.4) is 0 Å². The molecule has 4 heteroatoms. The molecule has 3 nitrogen and oxygen atoms in total. The van der Waals surface area contributed by atoms with Gasteiger partial charge in [-0.1, -0.05) is 18.2 Å². The molecular weight excluding hydrogens is 254 g/mol. The molecule has 2 aromatic rings. The Morgan fingerprint density at radius 3 is 3.16 bits per heavy atom. The molecule has 2 N–H and O–H groups in total. The molecule has 1 aliphatic heterocycles. The first-order valence-corrected chi connectivity index (χ1v) is 7.62. The topological polar surface area (TPSA) is 37.0 Å². The highest BCUT2D eigenvalue weighted by atomic mass is 32.1. The second kappa shape index (κ2) is 5.82. The molecule has 0 unspecified atom stereocenters. The Bertz CT molecular complexity index is 562. The minimum atomic E-state index is 0.915. The summed E-state index contributed by atoms with van der Waals surface area (Å²) in [7, 11) is 0. The molecule has 1 aromatic carbocycles.